The molecule has 1 heterocycles. The van der Waals surface area contributed by atoms with Crippen molar-refractivity contribution in [1.82, 2.24) is 5.32 Å². The van der Waals surface area contributed by atoms with Crippen LogP contribution in [0.5, 0.6) is 23.0 Å². The highest BCUT2D eigenvalue weighted by molar-refractivity contribution is 7.80. The van der Waals surface area contributed by atoms with Crippen molar-refractivity contribution >= 4 is 17.2 Å². The number of para-hydroxylation sites is 4. The zero-order valence-corrected chi connectivity index (χ0v) is 20.6. The second-order valence-corrected chi connectivity index (χ2v) is 8.31. The number of thiocarbonyl (C=S) groups is 1. The minimum Gasteiger partial charge on any atom is -0.487 e. The summed E-state index contributed by atoms with van der Waals surface area (Å²) in [7, 11) is 0. The lowest BCUT2D eigenvalue weighted by Crippen LogP contribution is -2.34. The fraction of sp³-hybridized carbons (Fsp3) is 0.500. The molecule has 1 N–H and O–H groups in total. The number of ether oxygens (including phenoxy) is 6. The van der Waals surface area contributed by atoms with Crippen LogP contribution in [0, 0.1) is 0 Å². The van der Waals surface area contributed by atoms with E-state index >= 15 is 0 Å². The van der Waals surface area contributed by atoms with E-state index < -0.39 is 0 Å². The van der Waals surface area contributed by atoms with Gasteiger partial charge >= 0.3 is 0 Å². The first-order valence-corrected chi connectivity index (χ1v) is 12.3. The lowest BCUT2D eigenvalue weighted by atomic mass is 10.2. The molecule has 0 saturated heterocycles. The minimum absolute atomic E-state index is 0.276. The van der Waals surface area contributed by atoms with Crippen LogP contribution in [0.1, 0.15) is 26.2 Å². The fourth-order valence-electron chi connectivity index (χ4n) is 3.26. The van der Waals surface area contributed by atoms with Gasteiger partial charge in [-0.05, 0) is 30.7 Å². The smallest absolute Gasteiger partial charge is 0.161 e. The van der Waals surface area contributed by atoms with E-state index in [4.69, 9.17) is 40.6 Å². The molecule has 2 aromatic carbocycles. The summed E-state index contributed by atoms with van der Waals surface area (Å²) in [5.74, 6) is 2.61. The molecule has 2 aromatic rings. The Bertz CT molecular complexity index is 809. The van der Waals surface area contributed by atoms with E-state index in [1.807, 2.05) is 48.5 Å². The first kappa shape index (κ1) is 26.1. The molecule has 1 aliphatic heterocycles. The number of nitrogens with one attached hydrogen (secondary N) is 1. The molecule has 0 bridgehead atoms. The number of hydrogen-bond donors (Lipinski definition) is 1. The zero-order chi connectivity index (χ0) is 23.8. The van der Waals surface area contributed by atoms with Crippen LogP contribution in [0.4, 0.5) is 0 Å². The van der Waals surface area contributed by atoms with Crippen LogP contribution in [0.15, 0.2) is 48.5 Å². The van der Waals surface area contributed by atoms with Crippen molar-refractivity contribution in [2.24, 2.45) is 0 Å². The Morgan fingerprint density at radius 3 is 1.88 bits per heavy atom. The topological polar surface area (TPSA) is 67.4 Å². The van der Waals surface area contributed by atoms with Crippen LogP contribution in [0.2, 0.25) is 0 Å². The summed E-state index contributed by atoms with van der Waals surface area (Å²) in [5, 5.41) is 3.26. The standard InChI is InChI=1S/C26H35NO6S/c1-2-3-8-13-27-26(34)20-31-21-18-32-24-11-6-4-9-22(24)29-16-14-28-15-17-30-23-10-5-7-12-25(23)33-19-21/h4-7,9-12,21H,2-3,8,13-20H2,1H3,(H,27,34). The maximum absolute atomic E-state index is 6.08. The van der Waals surface area contributed by atoms with Crippen molar-refractivity contribution in [1.29, 1.82) is 0 Å². The number of hydrogen-bond acceptors (Lipinski definition) is 7. The Balaban J connectivity index is 1.65. The zero-order valence-electron chi connectivity index (χ0n) is 19.8. The van der Waals surface area contributed by atoms with Crippen LogP contribution < -0.4 is 24.3 Å². The molecule has 0 amide bonds. The SMILES string of the molecule is CCCCCNC(=S)COC1COc2ccccc2OCCOCCOc2ccccc2OC1. The van der Waals surface area contributed by atoms with Crippen LogP contribution in [-0.4, -0.2) is 63.9 Å². The summed E-state index contributed by atoms with van der Waals surface area (Å²) >= 11 is 5.44. The summed E-state index contributed by atoms with van der Waals surface area (Å²) in [5.41, 5.74) is 0. The third kappa shape index (κ3) is 9.37. The summed E-state index contributed by atoms with van der Waals surface area (Å²) < 4.78 is 35.5. The highest BCUT2D eigenvalue weighted by atomic mass is 32.1. The van der Waals surface area contributed by atoms with E-state index in [1.165, 1.54) is 12.8 Å². The van der Waals surface area contributed by atoms with Gasteiger partial charge in [0.1, 0.15) is 37.5 Å². The van der Waals surface area contributed by atoms with Gasteiger partial charge in [-0.3, -0.25) is 0 Å². The summed E-state index contributed by atoms with van der Waals surface area (Å²) in [6.07, 6.45) is 3.08. The molecule has 0 spiro atoms. The highest BCUT2D eigenvalue weighted by Gasteiger charge is 2.16. The molecule has 0 aromatic heterocycles. The van der Waals surface area contributed by atoms with Gasteiger partial charge in [-0.25, -0.2) is 0 Å². The first-order valence-electron chi connectivity index (χ1n) is 11.9. The van der Waals surface area contributed by atoms with Crippen molar-refractivity contribution < 1.29 is 28.4 Å². The molecular weight excluding hydrogens is 454 g/mol. The van der Waals surface area contributed by atoms with E-state index in [1.54, 1.807) is 0 Å². The molecule has 0 fully saturated rings. The molecule has 0 atom stereocenters. The Labute approximate surface area is 207 Å². The predicted octanol–water partition coefficient (Wildman–Crippen LogP) is 4.42. The number of benzene rings is 2. The Morgan fingerprint density at radius 2 is 1.35 bits per heavy atom. The van der Waals surface area contributed by atoms with Crippen LogP contribution >= 0.6 is 12.2 Å². The molecule has 0 saturated carbocycles. The van der Waals surface area contributed by atoms with Crippen LogP contribution in [-0.2, 0) is 9.47 Å². The Hall–Kier alpha value is -2.55. The lowest BCUT2D eigenvalue weighted by Gasteiger charge is -2.22. The van der Waals surface area contributed by atoms with Gasteiger partial charge in [-0.1, -0.05) is 56.2 Å². The van der Waals surface area contributed by atoms with Gasteiger partial charge in [-0.2, -0.15) is 0 Å². The Kier molecular flexibility index (Phi) is 11.8. The second kappa shape index (κ2) is 15.4. The molecule has 0 radical (unpaired) electrons. The van der Waals surface area contributed by atoms with Crippen molar-refractivity contribution in [2.45, 2.75) is 32.3 Å². The average Bonchev–Trinajstić information content (AvgIpc) is 2.86. The van der Waals surface area contributed by atoms with Gasteiger partial charge in [-0.15, -0.1) is 0 Å². The average molecular weight is 490 g/mol. The minimum atomic E-state index is -0.354. The molecule has 8 heteroatoms. The monoisotopic (exact) mass is 489 g/mol. The quantitative estimate of drug-likeness (QED) is 0.453. The second-order valence-electron chi connectivity index (χ2n) is 7.81. The molecular formula is C26H35NO6S. The van der Waals surface area contributed by atoms with Crippen molar-refractivity contribution in [2.75, 3.05) is 52.8 Å². The number of rotatable bonds is 7. The normalized spacial score (nSPS) is 15.4. The number of unbranched alkanes of at least 4 members (excludes halogenated alkanes) is 2. The molecule has 34 heavy (non-hydrogen) atoms. The van der Waals surface area contributed by atoms with Crippen LogP contribution in [0.3, 0.4) is 0 Å². The van der Waals surface area contributed by atoms with Crippen molar-refractivity contribution in [3.63, 3.8) is 0 Å². The largest absolute Gasteiger partial charge is 0.487 e. The molecule has 7 nitrogen and oxygen atoms in total. The van der Waals surface area contributed by atoms with Gasteiger partial charge in [0.15, 0.2) is 23.0 Å². The maximum Gasteiger partial charge on any atom is 0.161 e. The molecule has 0 aliphatic carbocycles. The van der Waals surface area contributed by atoms with Crippen LogP contribution in [0.25, 0.3) is 0 Å². The molecule has 1 aliphatic rings. The van der Waals surface area contributed by atoms with Gasteiger partial charge in [0.25, 0.3) is 0 Å². The highest BCUT2D eigenvalue weighted by Crippen LogP contribution is 2.28. The molecule has 0 unspecified atom stereocenters. The van der Waals surface area contributed by atoms with Gasteiger partial charge in [0.05, 0.1) is 19.8 Å². The summed E-state index contributed by atoms with van der Waals surface area (Å²) in [6, 6.07) is 15.1. The fourth-order valence-corrected chi connectivity index (χ4v) is 3.43. The molecule has 3 rings (SSSR count). The third-order valence-electron chi connectivity index (χ3n) is 5.07. The maximum atomic E-state index is 6.08. The van der Waals surface area contributed by atoms with Gasteiger partial charge in [0.2, 0.25) is 0 Å². The molecule has 186 valence electrons. The van der Waals surface area contributed by atoms with Crippen molar-refractivity contribution in [3.05, 3.63) is 48.5 Å². The van der Waals surface area contributed by atoms with E-state index in [-0.39, 0.29) is 19.3 Å². The Morgan fingerprint density at radius 1 is 0.824 bits per heavy atom. The van der Waals surface area contributed by atoms with E-state index in [2.05, 4.69) is 12.2 Å². The third-order valence-corrected chi connectivity index (χ3v) is 5.33. The van der Waals surface area contributed by atoms with E-state index in [0.29, 0.717) is 61.0 Å². The number of fused-ring (bicyclic) bond motifs is 2. The van der Waals surface area contributed by atoms with Crippen molar-refractivity contribution in [3.8, 4) is 23.0 Å². The van der Waals surface area contributed by atoms with E-state index in [9.17, 15) is 0 Å². The summed E-state index contributed by atoms with van der Waals surface area (Å²) in [4.78, 5) is 0.677. The first-order chi connectivity index (χ1) is 16.8. The predicted molar refractivity (Wildman–Crippen MR) is 136 cm³/mol. The van der Waals surface area contributed by atoms with Gasteiger partial charge < -0.3 is 33.7 Å². The van der Waals surface area contributed by atoms with Gasteiger partial charge in [0, 0.05) is 6.54 Å². The lowest BCUT2D eigenvalue weighted by molar-refractivity contribution is 0.00800. The summed E-state index contributed by atoms with van der Waals surface area (Å²) in [6.45, 7) is 5.61. The van der Waals surface area contributed by atoms with E-state index in [0.717, 1.165) is 13.0 Å².